The molecule has 0 saturated heterocycles. The first-order valence-electron chi connectivity index (χ1n) is 6.52. The van der Waals surface area contributed by atoms with Crippen LogP contribution in [0.5, 0.6) is 0 Å². The molecule has 0 amide bonds. The molecule has 114 valence electrons. The van der Waals surface area contributed by atoms with Crippen molar-refractivity contribution in [2.45, 2.75) is 6.92 Å². The normalized spacial score (nSPS) is 10.2. The maximum Gasteiger partial charge on any atom is 0.323 e. The summed E-state index contributed by atoms with van der Waals surface area (Å²) in [6, 6.07) is 5.42. The molecular formula is C15H15N3O4. The van der Waals surface area contributed by atoms with E-state index in [0.717, 1.165) is 16.7 Å². The van der Waals surface area contributed by atoms with Gasteiger partial charge in [-0.25, -0.2) is 9.97 Å². The van der Waals surface area contributed by atoms with Crippen LogP contribution < -0.4 is 4.90 Å². The zero-order valence-electron chi connectivity index (χ0n) is 11.9. The maximum atomic E-state index is 11.0. The number of anilines is 1. The predicted molar refractivity (Wildman–Crippen MR) is 79.7 cm³/mol. The van der Waals surface area contributed by atoms with Crippen molar-refractivity contribution in [3.63, 3.8) is 0 Å². The fraction of sp³-hybridized carbons (Fsp3) is 0.200. The van der Waals surface area contributed by atoms with Gasteiger partial charge in [-0.05, 0) is 24.1 Å². The van der Waals surface area contributed by atoms with E-state index in [4.69, 9.17) is 10.2 Å². The molecule has 0 aliphatic rings. The number of carbonyl (C=O) groups is 2. The molecule has 0 aliphatic carbocycles. The van der Waals surface area contributed by atoms with Crippen LogP contribution in [0.15, 0.2) is 36.9 Å². The molecule has 2 rings (SSSR count). The van der Waals surface area contributed by atoms with E-state index in [9.17, 15) is 9.59 Å². The van der Waals surface area contributed by atoms with E-state index in [1.54, 1.807) is 25.4 Å². The van der Waals surface area contributed by atoms with Gasteiger partial charge in [-0.3, -0.25) is 9.59 Å². The Morgan fingerprint density at radius 3 is 2.18 bits per heavy atom. The number of rotatable bonds is 6. The Hall–Kier alpha value is -2.96. The standard InChI is InChI=1S/C15H15N3O4/c1-10-2-3-11(12-5-16-9-17-6-12)4-13(10)18(7-14(19)20)8-15(21)22/h2-6,9H,7-8H2,1H3,(H,19,20)(H,21,22). The van der Waals surface area contributed by atoms with Crippen LogP contribution in [0.4, 0.5) is 5.69 Å². The topological polar surface area (TPSA) is 104 Å². The van der Waals surface area contributed by atoms with Gasteiger partial charge in [0.1, 0.15) is 19.4 Å². The van der Waals surface area contributed by atoms with Gasteiger partial charge >= 0.3 is 11.9 Å². The number of aliphatic carboxylic acids is 2. The second-order valence-electron chi connectivity index (χ2n) is 4.77. The summed E-state index contributed by atoms with van der Waals surface area (Å²) in [5.41, 5.74) is 2.92. The van der Waals surface area contributed by atoms with Crippen molar-refractivity contribution >= 4 is 17.6 Å². The molecule has 22 heavy (non-hydrogen) atoms. The van der Waals surface area contributed by atoms with Gasteiger partial charge in [0, 0.05) is 23.6 Å². The molecule has 0 saturated carbocycles. The molecule has 0 spiro atoms. The SMILES string of the molecule is Cc1ccc(-c2cncnc2)cc1N(CC(=O)O)CC(=O)O. The van der Waals surface area contributed by atoms with E-state index in [2.05, 4.69) is 9.97 Å². The van der Waals surface area contributed by atoms with Gasteiger partial charge < -0.3 is 15.1 Å². The van der Waals surface area contributed by atoms with Crippen LogP contribution in [0.2, 0.25) is 0 Å². The minimum Gasteiger partial charge on any atom is -0.480 e. The molecule has 0 unspecified atom stereocenters. The summed E-state index contributed by atoms with van der Waals surface area (Å²) in [5.74, 6) is -2.18. The number of hydrogen-bond acceptors (Lipinski definition) is 5. The second-order valence-corrected chi connectivity index (χ2v) is 4.77. The summed E-state index contributed by atoms with van der Waals surface area (Å²) >= 11 is 0. The van der Waals surface area contributed by atoms with Gasteiger partial charge in [0.15, 0.2) is 0 Å². The van der Waals surface area contributed by atoms with Crippen LogP contribution >= 0.6 is 0 Å². The van der Waals surface area contributed by atoms with Gasteiger partial charge in [-0.15, -0.1) is 0 Å². The molecule has 7 nitrogen and oxygen atoms in total. The molecule has 1 heterocycles. The van der Waals surface area contributed by atoms with E-state index in [1.165, 1.54) is 11.2 Å². The molecule has 0 atom stereocenters. The number of benzene rings is 1. The highest BCUT2D eigenvalue weighted by atomic mass is 16.4. The average molecular weight is 301 g/mol. The average Bonchev–Trinajstić information content (AvgIpc) is 2.47. The lowest BCUT2D eigenvalue weighted by molar-refractivity contribution is -0.136. The molecule has 7 heteroatoms. The Kier molecular flexibility index (Phi) is 4.67. The van der Waals surface area contributed by atoms with Crippen LogP contribution in [0.25, 0.3) is 11.1 Å². The maximum absolute atomic E-state index is 11.0. The van der Waals surface area contributed by atoms with Crippen molar-refractivity contribution in [1.82, 2.24) is 9.97 Å². The fourth-order valence-corrected chi connectivity index (χ4v) is 2.13. The fourth-order valence-electron chi connectivity index (χ4n) is 2.13. The Labute approximate surface area is 126 Å². The van der Waals surface area contributed by atoms with E-state index in [0.29, 0.717) is 5.69 Å². The van der Waals surface area contributed by atoms with Crippen molar-refractivity contribution in [3.8, 4) is 11.1 Å². The van der Waals surface area contributed by atoms with Crippen LogP contribution in [0.1, 0.15) is 5.56 Å². The smallest absolute Gasteiger partial charge is 0.323 e. The molecule has 2 N–H and O–H groups in total. The lowest BCUT2D eigenvalue weighted by Crippen LogP contribution is -2.34. The minimum absolute atomic E-state index is 0.387. The van der Waals surface area contributed by atoms with Gasteiger partial charge in [-0.2, -0.15) is 0 Å². The summed E-state index contributed by atoms with van der Waals surface area (Å²) in [4.78, 5) is 31.1. The zero-order chi connectivity index (χ0) is 16.1. The molecule has 2 aromatic rings. The number of carboxylic acid groups (broad SMARTS) is 2. The summed E-state index contributed by atoms with van der Waals surface area (Å²) in [6.07, 6.45) is 4.69. The third kappa shape index (κ3) is 3.78. The Morgan fingerprint density at radius 1 is 1.05 bits per heavy atom. The van der Waals surface area contributed by atoms with E-state index < -0.39 is 11.9 Å². The summed E-state index contributed by atoms with van der Waals surface area (Å²) in [7, 11) is 0. The third-order valence-electron chi connectivity index (χ3n) is 3.10. The number of carboxylic acids is 2. The first-order chi connectivity index (χ1) is 10.5. The predicted octanol–water partition coefficient (Wildman–Crippen LogP) is 1.43. The van der Waals surface area contributed by atoms with Crippen molar-refractivity contribution < 1.29 is 19.8 Å². The minimum atomic E-state index is -1.09. The molecule has 1 aromatic carbocycles. The van der Waals surface area contributed by atoms with E-state index in [1.807, 2.05) is 12.1 Å². The van der Waals surface area contributed by atoms with Gasteiger partial charge in [0.2, 0.25) is 0 Å². The third-order valence-corrected chi connectivity index (χ3v) is 3.10. The molecule has 0 bridgehead atoms. The van der Waals surface area contributed by atoms with Crippen molar-refractivity contribution in [2.75, 3.05) is 18.0 Å². The van der Waals surface area contributed by atoms with Crippen LogP contribution in [-0.4, -0.2) is 45.2 Å². The number of nitrogens with zero attached hydrogens (tertiary/aromatic N) is 3. The Balaban J connectivity index is 2.43. The first-order valence-corrected chi connectivity index (χ1v) is 6.52. The Morgan fingerprint density at radius 2 is 1.64 bits per heavy atom. The molecular weight excluding hydrogens is 286 g/mol. The van der Waals surface area contributed by atoms with Gasteiger partial charge in [-0.1, -0.05) is 12.1 Å². The second kappa shape index (κ2) is 6.66. The van der Waals surface area contributed by atoms with Gasteiger partial charge in [0.05, 0.1) is 0 Å². The van der Waals surface area contributed by atoms with E-state index in [-0.39, 0.29) is 13.1 Å². The number of aromatic nitrogens is 2. The van der Waals surface area contributed by atoms with Crippen molar-refractivity contribution in [2.24, 2.45) is 0 Å². The van der Waals surface area contributed by atoms with Crippen LogP contribution in [-0.2, 0) is 9.59 Å². The van der Waals surface area contributed by atoms with Crippen LogP contribution in [0.3, 0.4) is 0 Å². The highest BCUT2D eigenvalue weighted by Gasteiger charge is 2.17. The number of hydrogen-bond donors (Lipinski definition) is 2. The first kappa shape index (κ1) is 15.4. The molecule has 0 fully saturated rings. The summed E-state index contributed by atoms with van der Waals surface area (Å²) in [5, 5.41) is 18.0. The quantitative estimate of drug-likeness (QED) is 0.831. The largest absolute Gasteiger partial charge is 0.480 e. The highest BCUT2D eigenvalue weighted by molar-refractivity contribution is 5.81. The summed E-state index contributed by atoms with van der Waals surface area (Å²) in [6.45, 7) is 1.03. The Bertz CT molecular complexity index is 672. The molecule has 0 radical (unpaired) electrons. The lowest BCUT2D eigenvalue weighted by Gasteiger charge is -2.23. The molecule has 0 aliphatic heterocycles. The highest BCUT2D eigenvalue weighted by Crippen LogP contribution is 2.27. The molecule has 1 aromatic heterocycles. The van der Waals surface area contributed by atoms with Crippen molar-refractivity contribution in [1.29, 1.82) is 0 Å². The lowest BCUT2D eigenvalue weighted by atomic mass is 10.0. The number of aryl methyl sites for hydroxylation is 1. The zero-order valence-corrected chi connectivity index (χ0v) is 11.9. The van der Waals surface area contributed by atoms with Crippen LogP contribution in [0, 0.1) is 6.92 Å². The van der Waals surface area contributed by atoms with E-state index >= 15 is 0 Å². The van der Waals surface area contributed by atoms with Gasteiger partial charge in [0.25, 0.3) is 0 Å². The van der Waals surface area contributed by atoms with Crippen molar-refractivity contribution in [3.05, 3.63) is 42.5 Å². The monoisotopic (exact) mass is 301 g/mol. The summed E-state index contributed by atoms with van der Waals surface area (Å²) < 4.78 is 0.